The molecule has 8 nitrogen and oxygen atoms in total. The molecular weight excluding hydrogens is 390 g/mol. The minimum absolute atomic E-state index is 0.0385. The van der Waals surface area contributed by atoms with E-state index in [2.05, 4.69) is 0 Å². The number of ketones is 1. The number of phenols is 1. The van der Waals surface area contributed by atoms with E-state index in [0.717, 1.165) is 12.8 Å². The van der Waals surface area contributed by atoms with Crippen LogP contribution >= 0.6 is 0 Å². The van der Waals surface area contributed by atoms with Gasteiger partial charge in [0, 0.05) is 13.2 Å². The van der Waals surface area contributed by atoms with Crippen molar-refractivity contribution in [1.82, 2.24) is 4.90 Å². The number of furan rings is 1. The van der Waals surface area contributed by atoms with E-state index in [1.165, 1.54) is 24.1 Å². The van der Waals surface area contributed by atoms with Crippen LogP contribution in [0.2, 0.25) is 0 Å². The van der Waals surface area contributed by atoms with Crippen LogP contribution in [0.4, 0.5) is 0 Å². The van der Waals surface area contributed by atoms with Gasteiger partial charge in [-0.25, -0.2) is 0 Å². The molecule has 0 spiro atoms. The van der Waals surface area contributed by atoms with Gasteiger partial charge < -0.3 is 29.0 Å². The molecule has 1 saturated heterocycles. The van der Waals surface area contributed by atoms with Crippen LogP contribution in [0.1, 0.15) is 40.8 Å². The predicted octanol–water partition coefficient (Wildman–Crippen LogP) is 3.06. The molecule has 30 heavy (non-hydrogen) atoms. The van der Waals surface area contributed by atoms with Crippen molar-refractivity contribution in [2.24, 2.45) is 0 Å². The Morgan fingerprint density at radius 3 is 2.70 bits per heavy atom. The summed E-state index contributed by atoms with van der Waals surface area (Å²) in [6, 6.07) is 6.86. The van der Waals surface area contributed by atoms with Gasteiger partial charge in [-0.15, -0.1) is 0 Å². The van der Waals surface area contributed by atoms with Crippen LogP contribution in [0.15, 0.2) is 46.1 Å². The SMILES string of the molecule is COc1cc(C2C(C(=O)c3ccc(C)o3)=C(O)C(=O)N2CC2CCCO2)ccc1O. The molecule has 1 aromatic carbocycles. The highest BCUT2D eigenvalue weighted by atomic mass is 16.5. The Kier molecular flexibility index (Phi) is 5.26. The topological polar surface area (TPSA) is 109 Å². The van der Waals surface area contributed by atoms with E-state index in [1.54, 1.807) is 25.1 Å². The number of aliphatic hydroxyl groups excluding tert-OH is 1. The Morgan fingerprint density at radius 1 is 1.27 bits per heavy atom. The predicted molar refractivity (Wildman–Crippen MR) is 106 cm³/mol. The number of ether oxygens (including phenoxy) is 2. The van der Waals surface area contributed by atoms with E-state index in [4.69, 9.17) is 13.9 Å². The number of carbonyl (C=O) groups is 2. The number of Topliss-reactive ketones (excluding diaryl/α,β-unsaturated/α-hetero) is 1. The largest absolute Gasteiger partial charge is 0.504 e. The molecule has 2 aromatic rings. The first kappa shape index (κ1) is 20.0. The first-order valence-electron chi connectivity index (χ1n) is 9.74. The lowest BCUT2D eigenvalue weighted by Crippen LogP contribution is -2.37. The van der Waals surface area contributed by atoms with Gasteiger partial charge in [0.1, 0.15) is 5.76 Å². The Balaban J connectivity index is 1.79. The van der Waals surface area contributed by atoms with E-state index in [1.807, 2.05) is 0 Å². The molecule has 3 heterocycles. The van der Waals surface area contributed by atoms with Crippen molar-refractivity contribution in [3.63, 3.8) is 0 Å². The van der Waals surface area contributed by atoms with Crippen LogP contribution in [0.3, 0.4) is 0 Å². The van der Waals surface area contributed by atoms with Crippen LogP contribution in [0.5, 0.6) is 11.5 Å². The first-order valence-corrected chi connectivity index (χ1v) is 9.74. The Hall–Kier alpha value is -3.26. The summed E-state index contributed by atoms with van der Waals surface area (Å²) < 4.78 is 16.3. The van der Waals surface area contributed by atoms with Gasteiger partial charge in [0.2, 0.25) is 5.78 Å². The maximum Gasteiger partial charge on any atom is 0.290 e. The lowest BCUT2D eigenvalue weighted by Gasteiger charge is -2.29. The van der Waals surface area contributed by atoms with Crippen molar-refractivity contribution in [1.29, 1.82) is 0 Å². The normalized spacial score (nSPS) is 21.5. The summed E-state index contributed by atoms with van der Waals surface area (Å²) in [6.45, 7) is 2.54. The third-order valence-electron chi connectivity index (χ3n) is 5.46. The number of aliphatic hydroxyl groups is 1. The van der Waals surface area contributed by atoms with E-state index in [9.17, 15) is 19.8 Å². The molecule has 1 fully saturated rings. The summed E-state index contributed by atoms with van der Waals surface area (Å²) in [5, 5.41) is 20.6. The molecule has 8 heteroatoms. The Bertz CT molecular complexity index is 1020. The van der Waals surface area contributed by atoms with E-state index < -0.39 is 23.5 Å². The number of aromatic hydroxyl groups is 1. The minimum atomic E-state index is -0.867. The second kappa shape index (κ2) is 7.87. The number of phenolic OH excluding ortho intramolecular Hbond substituents is 1. The van der Waals surface area contributed by atoms with Crippen molar-refractivity contribution < 1.29 is 33.7 Å². The van der Waals surface area contributed by atoms with Crippen molar-refractivity contribution in [3.8, 4) is 11.5 Å². The van der Waals surface area contributed by atoms with Gasteiger partial charge in [-0.1, -0.05) is 6.07 Å². The summed E-state index contributed by atoms with van der Waals surface area (Å²) >= 11 is 0. The molecule has 0 aliphatic carbocycles. The van der Waals surface area contributed by atoms with Crippen LogP contribution in [-0.2, 0) is 9.53 Å². The fraction of sp³-hybridized carbons (Fsp3) is 0.364. The van der Waals surface area contributed by atoms with Gasteiger partial charge in [-0.3, -0.25) is 9.59 Å². The van der Waals surface area contributed by atoms with Crippen LogP contribution in [-0.4, -0.2) is 53.2 Å². The number of methoxy groups -OCH3 is 1. The van der Waals surface area contributed by atoms with E-state index in [0.29, 0.717) is 17.9 Å². The maximum atomic E-state index is 13.2. The average Bonchev–Trinajstić information content (AvgIpc) is 3.45. The van der Waals surface area contributed by atoms with Gasteiger partial charge in [0.15, 0.2) is 23.0 Å². The molecule has 0 radical (unpaired) electrons. The third-order valence-corrected chi connectivity index (χ3v) is 5.46. The molecular formula is C22H23NO7. The Morgan fingerprint density at radius 2 is 2.07 bits per heavy atom. The lowest BCUT2D eigenvalue weighted by molar-refractivity contribution is -0.131. The zero-order valence-corrected chi connectivity index (χ0v) is 16.8. The molecule has 2 aliphatic rings. The van der Waals surface area contributed by atoms with Gasteiger partial charge in [0.05, 0.1) is 24.8 Å². The van der Waals surface area contributed by atoms with Crippen LogP contribution < -0.4 is 4.74 Å². The quantitative estimate of drug-likeness (QED) is 0.701. The summed E-state index contributed by atoms with van der Waals surface area (Å²) in [5.41, 5.74) is 0.451. The molecule has 2 unspecified atom stereocenters. The van der Waals surface area contributed by atoms with Gasteiger partial charge in [-0.2, -0.15) is 0 Å². The molecule has 1 amide bonds. The molecule has 2 N–H and O–H groups in total. The highest BCUT2D eigenvalue weighted by Crippen LogP contribution is 2.42. The van der Waals surface area contributed by atoms with E-state index in [-0.39, 0.29) is 35.5 Å². The maximum absolute atomic E-state index is 13.2. The molecule has 0 saturated carbocycles. The zero-order valence-electron chi connectivity index (χ0n) is 16.8. The molecule has 1 aromatic heterocycles. The highest BCUT2D eigenvalue weighted by Gasteiger charge is 2.45. The number of hydrogen-bond donors (Lipinski definition) is 2. The second-order valence-corrected chi connectivity index (χ2v) is 7.43. The Labute approximate surface area is 173 Å². The molecule has 158 valence electrons. The number of nitrogens with zero attached hydrogens (tertiary/aromatic N) is 1. The van der Waals surface area contributed by atoms with Gasteiger partial charge in [-0.05, 0) is 49.6 Å². The number of hydrogen-bond acceptors (Lipinski definition) is 7. The third kappa shape index (κ3) is 3.43. The highest BCUT2D eigenvalue weighted by molar-refractivity contribution is 6.15. The zero-order chi connectivity index (χ0) is 21.4. The first-order chi connectivity index (χ1) is 14.4. The number of carbonyl (C=O) groups excluding carboxylic acids is 2. The number of rotatable bonds is 6. The lowest BCUT2D eigenvalue weighted by atomic mass is 9.94. The smallest absolute Gasteiger partial charge is 0.290 e. The van der Waals surface area contributed by atoms with Crippen molar-refractivity contribution in [2.45, 2.75) is 31.9 Å². The second-order valence-electron chi connectivity index (χ2n) is 7.43. The number of aryl methyl sites for hydroxylation is 1. The van der Waals surface area contributed by atoms with Gasteiger partial charge >= 0.3 is 0 Å². The fourth-order valence-corrected chi connectivity index (χ4v) is 3.98. The van der Waals surface area contributed by atoms with Crippen molar-refractivity contribution in [2.75, 3.05) is 20.3 Å². The summed E-state index contributed by atoms with van der Waals surface area (Å²) in [6.07, 6.45) is 1.50. The standard InChI is InChI=1S/C22H23NO7/c1-12-5-8-16(30-12)20(25)18-19(13-6-7-15(24)17(10-13)28-2)23(22(27)21(18)26)11-14-4-3-9-29-14/h5-8,10,14,19,24,26H,3-4,9,11H2,1-2H3. The number of benzene rings is 1. The fourth-order valence-electron chi connectivity index (χ4n) is 3.98. The van der Waals surface area contributed by atoms with Crippen molar-refractivity contribution >= 4 is 11.7 Å². The van der Waals surface area contributed by atoms with Crippen molar-refractivity contribution in [3.05, 3.63) is 58.7 Å². The molecule has 2 aliphatic heterocycles. The molecule has 2 atom stereocenters. The van der Waals surface area contributed by atoms with Crippen LogP contribution in [0, 0.1) is 6.92 Å². The number of amides is 1. The van der Waals surface area contributed by atoms with Crippen LogP contribution in [0.25, 0.3) is 0 Å². The summed E-state index contributed by atoms with van der Waals surface area (Å²) in [5.74, 6) is -1.11. The minimum Gasteiger partial charge on any atom is -0.504 e. The summed E-state index contributed by atoms with van der Waals surface area (Å²) in [4.78, 5) is 27.6. The average molecular weight is 413 g/mol. The van der Waals surface area contributed by atoms with E-state index >= 15 is 0 Å². The molecule has 4 rings (SSSR count). The monoisotopic (exact) mass is 413 g/mol. The summed E-state index contributed by atoms with van der Waals surface area (Å²) in [7, 11) is 1.41. The van der Waals surface area contributed by atoms with Gasteiger partial charge in [0.25, 0.3) is 5.91 Å². The molecule has 0 bridgehead atoms.